The van der Waals surface area contributed by atoms with Crippen molar-refractivity contribution in [3.63, 3.8) is 0 Å². The van der Waals surface area contributed by atoms with Crippen LogP contribution in [0, 0.1) is 0 Å². The van der Waals surface area contributed by atoms with Gasteiger partial charge in [0.15, 0.2) is 5.78 Å². The summed E-state index contributed by atoms with van der Waals surface area (Å²) in [5.74, 6) is -0.455. The van der Waals surface area contributed by atoms with Crippen LogP contribution in [0.2, 0.25) is 0 Å². The van der Waals surface area contributed by atoms with Gasteiger partial charge < -0.3 is 10.3 Å². The third kappa shape index (κ3) is 3.21. The summed E-state index contributed by atoms with van der Waals surface area (Å²) < 4.78 is 1.75. The first-order chi connectivity index (χ1) is 7.00. The van der Waals surface area contributed by atoms with Gasteiger partial charge in [-0.05, 0) is 19.2 Å². The molecule has 1 amide bonds. The third-order valence-corrected chi connectivity index (χ3v) is 2.07. The summed E-state index contributed by atoms with van der Waals surface area (Å²) >= 11 is 0. The number of aryl methyl sites for hydroxylation is 1. The van der Waals surface area contributed by atoms with Crippen molar-refractivity contribution in [2.45, 2.75) is 0 Å². The Morgan fingerprint density at radius 2 is 2.13 bits per heavy atom. The maximum absolute atomic E-state index is 11.7. The molecule has 0 radical (unpaired) electrons. The number of Topliss-reactive ketones (excluding diaryl/α,β-unsaturated/α-hetero) is 1. The highest BCUT2D eigenvalue weighted by Gasteiger charge is 2.12. The highest BCUT2D eigenvalue weighted by molar-refractivity contribution is 5.96. The molecule has 5 heteroatoms. The second-order valence-corrected chi connectivity index (χ2v) is 3.57. The molecule has 0 saturated heterocycles. The molecule has 0 bridgehead atoms. The lowest BCUT2D eigenvalue weighted by Gasteiger charge is -2.13. The minimum atomic E-state index is -0.433. The van der Waals surface area contributed by atoms with Crippen molar-refractivity contribution < 1.29 is 9.59 Å². The molecule has 0 spiro atoms. The van der Waals surface area contributed by atoms with E-state index in [0.717, 1.165) is 0 Å². The van der Waals surface area contributed by atoms with E-state index in [-0.39, 0.29) is 18.9 Å². The first kappa shape index (κ1) is 11.5. The zero-order valence-corrected chi connectivity index (χ0v) is 8.93. The summed E-state index contributed by atoms with van der Waals surface area (Å²) in [4.78, 5) is 23.9. The molecule has 2 N–H and O–H groups in total. The Labute approximate surface area is 88.5 Å². The van der Waals surface area contributed by atoms with E-state index in [1.54, 1.807) is 41.9 Å². The fraction of sp³-hybridized carbons (Fsp3) is 0.400. The van der Waals surface area contributed by atoms with Gasteiger partial charge in [0, 0.05) is 13.2 Å². The molecule has 0 fully saturated rings. The first-order valence-electron chi connectivity index (χ1n) is 4.62. The van der Waals surface area contributed by atoms with Gasteiger partial charge >= 0.3 is 0 Å². The second-order valence-electron chi connectivity index (χ2n) is 3.57. The number of primary amides is 1. The van der Waals surface area contributed by atoms with Gasteiger partial charge in [-0.3, -0.25) is 14.5 Å². The molecule has 1 aromatic rings. The number of amides is 1. The van der Waals surface area contributed by atoms with Gasteiger partial charge in [-0.1, -0.05) is 0 Å². The summed E-state index contributed by atoms with van der Waals surface area (Å²) in [6.07, 6.45) is 1.81. The Kier molecular flexibility index (Phi) is 3.62. The van der Waals surface area contributed by atoms with Crippen LogP contribution in [0.4, 0.5) is 0 Å². The molecule has 15 heavy (non-hydrogen) atoms. The zero-order valence-electron chi connectivity index (χ0n) is 8.93. The normalized spacial score (nSPS) is 10.6. The monoisotopic (exact) mass is 209 g/mol. The number of rotatable bonds is 5. The van der Waals surface area contributed by atoms with Crippen molar-refractivity contribution in [1.29, 1.82) is 0 Å². The van der Waals surface area contributed by atoms with E-state index in [4.69, 9.17) is 5.73 Å². The number of carbonyl (C=O) groups is 2. The lowest BCUT2D eigenvalue weighted by molar-refractivity contribution is -0.118. The van der Waals surface area contributed by atoms with Crippen LogP contribution in [-0.4, -0.2) is 41.3 Å². The molecule has 0 aliphatic rings. The average Bonchev–Trinajstić information content (AvgIpc) is 2.49. The van der Waals surface area contributed by atoms with Gasteiger partial charge in [-0.15, -0.1) is 0 Å². The second kappa shape index (κ2) is 4.75. The number of likely N-dealkylation sites (N-methyl/N-ethyl adjacent to an activating group) is 1. The smallest absolute Gasteiger partial charge is 0.231 e. The topological polar surface area (TPSA) is 68.3 Å². The van der Waals surface area contributed by atoms with Crippen molar-refractivity contribution >= 4 is 11.7 Å². The Hall–Kier alpha value is -1.62. The van der Waals surface area contributed by atoms with Crippen LogP contribution in [0.1, 0.15) is 10.5 Å². The van der Waals surface area contributed by atoms with Crippen LogP contribution >= 0.6 is 0 Å². The van der Waals surface area contributed by atoms with Crippen molar-refractivity contribution in [2.75, 3.05) is 20.1 Å². The Balaban J connectivity index is 2.56. The molecule has 0 unspecified atom stereocenters. The lowest BCUT2D eigenvalue weighted by atomic mass is 10.2. The number of nitrogens with zero attached hydrogens (tertiary/aromatic N) is 2. The van der Waals surface area contributed by atoms with E-state index in [0.29, 0.717) is 5.69 Å². The molecule has 0 atom stereocenters. The van der Waals surface area contributed by atoms with E-state index in [1.165, 1.54) is 0 Å². The molecule has 1 rings (SSSR count). The third-order valence-electron chi connectivity index (χ3n) is 2.07. The summed E-state index contributed by atoms with van der Waals surface area (Å²) in [6, 6.07) is 3.56. The molecule has 0 aromatic carbocycles. The minimum Gasteiger partial charge on any atom is -0.369 e. The summed E-state index contributed by atoms with van der Waals surface area (Å²) in [5, 5.41) is 0. The van der Waals surface area contributed by atoms with Crippen molar-refractivity contribution in [2.24, 2.45) is 12.8 Å². The standard InChI is InChI=1S/C10H15N3O2/c1-12(7-10(11)15)6-9(14)8-4-3-5-13(8)2/h3-5H,6-7H2,1-2H3,(H2,11,15). The number of aromatic nitrogens is 1. The van der Waals surface area contributed by atoms with E-state index in [2.05, 4.69) is 0 Å². The lowest BCUT2D eigenvalue weighted by Crippen LogP contribution is -2.34. The van der Waals surface area contributed by atoms with Crippen LogP contribution in [0.25, 0.3) is 0 Å². The van der Waals surface area contributed by atoms with E-state index < -0.39 is 5.91 Å². The average molecular weight is 209 g/mol. The summed E-state index contributed by atoms with van der Waals surface area (Å²) in [5.41, 5.74) is 5.65. The summed E-state index contributed by atoms with van der Waals surface area (Å²) in [6.45, 7) is 0.289. The fourth-order valence-electron chi connectivity index (χ4n) is 1.40. The maximum atomic E-state index is 11.7. The van der Waals surface area contributed by atoms with Crippen molar-refractivity contribution in [3.05, 3.63) is 24.0 Å². The van der Waals surface area contributed by atoms with Crippen molar-refractivity contribution in [1.82, 2.24) is 9.47 Å². The van der Waals surface area contributed by atoms with E-state index in [1.807, 2.05) is 0 Å². The van der Waals surface area contributed by atoms with Crippen LogP contribution in [0.3, 0.4) is 0 Å². The zero-order chi connectivity index (χ0) is 11.4. The van der Waals surface area contributed by atoms with E-state index >= 15 is 0 Å². The predicted molar refractivity (Wildman–Crippen MR) is 56.4 cm³/mol. The quantitative estimate of drug-likeness (QED) is 0.672. The van der Waals surface area contributed by atoms with Crippen molar-refractivity contribution in [3.8, 4) is 0 Å². The van der Waals surface area contributed by atoms with Crippen LogP contribution in [0.15, 0.2) is 18.3 Å². The SMILES string of the molecule is CN(CC(N)=O)CC(=O)c1cccn1C. The molecule has 1 heterocycles. The maximum Gasteiger partial charge on any atom is 0.231 e. The molecular weight excluding hydrogens is 194 g/mol. The van der Waals surface area contributed by atoms with Gasteiger partial charge in [-0.25, -0.2) is 0 Å². The van der Waals surface area contributed by atoms with Crippen LogP contribution < -0.4 is 5.73 Å². The molecule has 0 saturated carbocycles. The number of carbonyl (C=O) groups excluding carboxylic acids is 2. The Morgan fingerprint density at radius 3 is 2.60 bits per heavy atom. The highest BCUT2D eigenvalue weighted by Crippen LogP contribution is 2.01. The Morgan fingerprint density at radius 1 is 1.47 bits per heavy atom. The number of ketones is 1. The van der Waals surface area contributed by atoms with Crippen LogP contribution in [-0.2, 0) is 11.8 Å². The molecule has 1 aromatic heterocycles. The summed E-state index contributed by atoms with van der Waals surface area (Å²) in [7, 11) is 3.49. The van der Waals surface area contributed by atoms with Gasteiger partial charge in [0.1, 0.15) is 0 Å². The number of nitrogens with two attached hydrogens (primary N) is 1. The van der Waals surface area contributed by atoms with Gasteiger partial charge in [-0.2, -0.15) is 0 Å². The largest absolute Gasteiger partial charge is 0.369 e. The molecule has 0 aliphatic carbocycles. The Bertz CT molecular complexity index is 370. The first-order valence-corrected chi connectivity index (χ1v) is 4.62. The number of hydrogen-bond donors (Lipinski definition) is 1. The van der Waals surface area contributed by atoms with Gasteiger partial charge in [0.05, 0.1) is 18.8 Å². The molecule has 0 aliphatic heterocycles. The van der Waals surface area contributed by atoms with Gasteiger partial charge in [0.25, 0.3) is 0 Å². The molecular formula is C10H15N3O2. The molecule has 82 valence electrons. The number of hydrogen-bond acceptors (Lipinski definition) is 3. The van der Waals surface area contributed by atoms with E-state index in [9.17, 15) is 9.59 Å². The molecule has 5 nitrogen and oxygen atoms in total. The fourth-order valence-corrected chi connectivity index (χ4v) is 1.40. The predicted octanol–water partition coefficient (Wildman–Crippen LogP) is -0.375. The van der Waals surface area contributed by atoms with Gasteiger partial charge in [0.2, 0.25) is 5.91 Å². The minimum absolute atomic E-state index is 0.0220. The van der Waals surface area contributed by atoms with Crippen LogP contribution in [0.5, 0.6) is 0 Å². The highest BCUT2D eigenvalue weighted by atomic mass is 16.1.